The van der Waals surface area contributed by atoms with Crippen LogP contribution in [0, 0.1) is 0 Å². The lowest BCUT2D eigenvalue weighted by molar-refractivity contribution is -0.119. The van der Waals surface area contributed by atoms with Crippen LogP contribution in [0.4, 0.5) is 0 Å². The van der Waals surface area contributed by atoms with E-state index in [4.69, 9.17) is 0 Å². The molecular weight excluding hydrogens is 358 g/mol. The average Bonchev–Trinajstić information content (AvgIpc) is 3.15. The summed E-state index contributed by atoms with van der Waals surface area (Å²) in [5.74, 6) is 0.667. The van der Waals surface area contributed by atoms with E-state index in [-0.39, 0.29) is 17.7 Å². The highest BCUT2D eigenvalue weighted by atomic mass is 32.2. The van der Waals surface area contributed by atoms with Crippen molar-refractivity contribution in [3.05, 3.63) is 65.7 Å². The number of nitrogens with zero attached hydrogens (tertiary/aromatic N) is 4. The second-order valence-corrected chi connectivity index (χ2v) is 7.55. The predicted octanol–water partition coefficient (Wildman–Crippen LogP) is 3.76. The largest absolute Gasteiger partial charge is 0.349 e. The first-order valence-corrected chi connectivity index (χ1v) is 9.89. The summed E-state index contributed by atoms with van der Waals surface area (Å²) in [6, 6.07) is 18.0. The van der Waals surface area contributed by atoms with Gasteiger partial charge in [0.05, 0.1) is 17.5 Å². The summed E-state index contributed by atoms with van der Waals surface area (Å²) in [4.78, 5) is 12.3. The Morgan fingerprint density at radius 1 is 1.04 bits per heavy atom. The van der Waals surface area contributed by atoms with Crippen LogP contribution in [0.5, 0.6) is 0 Å². The van der Waals surface area contributed by atoms with Crippen molar-refractivity contribution in [2.24, 2.45) is 0 Å². The molecule has 1 aromatic heterocycles. The van der Waals surface area contributed by atoms with E-state index in [1.165, 1.54) is 17.3 Å². The molecule has 0 unspecified atom stereocenters. The number of tetrazole rings is 1. The van der Waals surface area contributed by atoms with Crippen LogP contribution in [-0.2, 0) is 4.79 Å². The predicted molar refractivity (Wildman–Crippen MR) is 107 cm³/mol. The third-order valence-electron chi connectivity index (χ3n) is 4.25. The number of amides is 1. The van der Waals surface area contributed by atoms with Crippen LogP contribution in [0.1, 0.15) is 43.9 Å². The number of carbonyl (C=O) groups is 1. The summed E-state index contributed by atoms with van der Waals surface area (Å²) in [6.45, 7) is 6.28. The summed E-state index contributed by atoms with van der Waals surface area (Å²) in [5.41, 5.74) is 3.21. The minimum absolute atomic E-state index is 0.0427. The summed E-state index contributed by atoms with van der Waals surface area (Å²) < 4.78 is 1.66. The molecule has 1 atom stereocenters. The van der Waals surface area contributed by atoms with Gasteiger partial charge in [0, 0.05) is 0 Å². The molecule has 0 aliphatic carbocycles. The molecule has 140 valence electrons. The van der Waals surface area contributed by atoms with Crippen molar-refractivity contribution < 1.29 is 4.79 Å². The van der Waals surface area contributed by atoms with Gasteiger partial charge >= 0.3 is 0 Å². The molecule has 0 aliphatic heterocycles. The number of hydrogen-bond donors (Lipinski definition) is 1. The van der Waals surface area contributed by atoms with E-state index in [1.807, 2.05) is 49.4 Å². The van der Waals surface area contributed by atoms with Gasteiger partial charge in [0.2, 0.25) is 11.1 Å². The highest BCUT2D eigenvalue weighted by molar-refractivity contribution is 7.99. The molecule has 0 saturated heterocycles. The molecule has 1 N–H and O–H groups in total. The van der Waals surface area contributed by atoms with Gasteiger partial charge in [0.25, 0.3) is 0 Å². The van der Waals surface area contributed by atoms with E-state index >= 15 is 0 Å². The maximum absolute atomic E-state index is 12.3. The van der Waals surface area contributed by atoms with Crippen molar-refractivity contribution in [3.8, 4) is 5.69 Å². The highest BCUT2D eigenvalue weighted by Crippen LogP contribution is 2.21. The molecule has 6 nitrogen and oxygen atoms in total. The lowest BCUT2D eigenvalue weighted by Gasteiger charge is -2.14. The van der Waals surface area contributed by atoms with Gasteiger partial charge in [-0.05, 0) is 46.5 Å². The van der Waals surface area contributed by atoms with Crippen LogP contribution in [-0.4, -0.2) is 31.9 Å². The van der Waals surface area contributed by atoms with E-state index in [9.17, 15) is 4.79 Å². The molecule has 0 saturated carbocycles. The zero-order chi connectivity index (χ0) is 19.2. The molecule has 0 bridgehead atoms. The van der Waals surface area contributed by atoms with Crippen LogP contribution in [0.2, 0.25) is 0 Å². The molecule has 0 fully saturated rings. The van der Waals surface area contributed by atoms with Gasteiger partial charge in [-0.1, -0.05) is 68.1 Å². The quantitative estimate of drug-likeness (QED) is 0.631. The van der Waals surface area contributed by atoms with Crippen molar-refractivity contribution in [1.82, 2.24) is 25.5 Å². The lowest BCUT2D eigenvalue weighted by atomic mass is 10.0. The van der Waals surface area contributed by atoms with Gasteiger partial charge < -0.3 is 5.32 Å². The van der Waals surface area contributed by atoms with Gasteiger partial charge in [-0.3, -0.25) is 4.79 Å². The van der Waals surface area contributed by atoms with Crippen LogP contribution in [0.25, 0.3) is 5.69 Å². The fraction of sp³-hybridized carbons (Fsp3) is 0.300. The molecule has 0 aliphatic rings. The molecule has 7 heteroatoms. The smallest absolute Gasteiger partial charge is 0.230 e. The SMILES string of the molecule is CC(C)c1ccc(-n2nnnc2SCC(=O)N[C@H](C)c2ccccc2)cc1. The van der Waals surface area contributed by atoms with Crippen molar-refractivity contribution in [3.63, 3.8) is 0 Å². The van der Waals surface area contributed by atoms with E-state index in [0.717, 1.165) is 11.3 Å². The number of carbonyl (C=O) groups excluding carboxylic acids is 1. The van der Waals surface area contributed by atoms with Crippen molar-refractivity contribution >= 4 is 17.7 Å². The molecule has 0 radical (unpaired) electrons. The van der Waals surface area contributed by atoms with Gasteiger partial charge in [0.15, 0.2) is 0 Å². The molecule has 3 rings (SSSR count). The molecule has 27 heavy (non-hydrogen) atoms. The molecule has 3 aromatic rings. The molecular formula is C20H23N5OS. The zero-order valence-corrected chi connectivity index (χ0v) is 16.5. The van der Waals surface area contributed by atoms with Crippen molar-refractivity contribution in [2.75, 3.05) is 5.75 Å². The summed E-state index contributed by atoms with van der Waals surface area (Å²) in [7, 11) is 0. The average molecular weight is 382 g/mol. The minimum Gasteiger partial charge on any atom is -0.349 e. The Morgan fingerprint density at radius 2 is 1.74 bits per heavy atom. The second-order valence-electron chi connectivity index (χ2n) is 6.61. The van der Waals surface area contributed by atoms with E-state index in [0.29, 0.717) is 11.1 Å². The number of nitrogens with one attached hydrogen (secondary N) is 1. The third kappa shape index (κ3) is 4.95. The standard InChI is InChI=1S/C20H23N5OS/c1-14(2)16-9-11-18(12-10-16)25-20(22-23-24-25)27-13-19(26)21-15(3)17-7-5-4-6-8-17/h4-12,14-15H,13H2,1-3H3,(H,21,26)/t15-/m1/s1. The van der Waals surface area contributed by atoms with Crippen LogP contribution in [0.3, 0.4) is 0 Å². The first-order chi connectivity index (χ1) is 13.0. The van der Waals surface area contributed by atoms with Crippen LogP contribution < -0.4 is 5.32 Å². The van der Waals surface area contributed by atoms with E-state index in [1.54, 1.807) is 4.68 Å². The maximum Gasteiger partial charge on any atom is 0.230 e. The number of rotatable bonds is 7. The monoisotopic (exact) mass is 381 g/mol. The summed E-state index contributed by atoms with van der Waals surface area (Å²) >= 11 is 1.32. The Balaban J connectivity index is 1.60. The Kier molecular flexibility index (Phi) is 6.24. The van der Waals surface area contributed by atoms with Crippen molar-refractivity contribution in [2.45, 2.75) is 37.9 Å². The Morgan fingerprint density at radius 3 is 2.41 bits per heavy atom. The molecule has 1 amide bonds. The maximum atomic E-state index is 12.3. The number of aromatic nitrogens is 4. The first kappa shape index (κ1) is 19.1. The fourth-order valence-corrected chi connectivity index (χ4v) is 3.37. The number of thioether (sulfide) groups is 1. The molecule has 0 spiro atoms. The van der Waals surface area contributed by atoms with Gasteiger partial charge in [0.1, 0.15) is 0 Å². The summed E-state index contributed by atoms with van der Waals surface area (Å²) in [5, 5.41) is 15.4. The second kappa shape index (κ2) is 8.81. The van der Waals surface area contributed by atoms with E-state index < -0.39 is 0 Å². The van der Waals surface area contributed by atoms with Crippen LogP contribution in [0.15, 0.2) is 59.8 Å². The molecule has 1 heterocycles. The Hall–Kier alpha value is -2.67. The topological polar surface area (TPSA) is 72.7 Å². The van der Waals surface area contributed by atoms with E-state index in [2.05, 4.69) is 46.8 Å². The number of hydrogen-bond acceptors (Lipinski definition) is 5. The Bertz CT molecular complexity index is 877. The fourth-order valence-electron chi connectivity index (χ4n) is 2.67. The normalized spacial score (nSPS) is 12.1. The van der Waals surface area contributed by atoms with Gasteiger partial charge in [-0.15, -0.1) is 5.10 Å². The lowest BCUT2D eigenvalue weighted by Crippen LogP contribution is -2.28. The molecule has 2 aromatic carbocycles. The Labute approximate surface area is 163 Å². The zero-order valence-electron chi connectivity index (χ0n) is 15.7. The number of benzene rings is 2. The van der Waals surface area contributed by atoms with Gasteiger partial charge in [-0.25, -0.2) is 0 Å². The third-order valence-corrected chi connectivity index (χ3v) is 5.17. The first-order valence-electron chi connectivity index (χ1n) is 8.90. The van der Waals surface area contributed by atoms with Crippen molar-refractivity contribution in [1.29, 1.82) is 0 Å². The minimum atomic E-state index is -0.0546. The summed E-state index contributed by atoms with van der Waals surface area (Å²) in [6.07, 6.45) is 0. The van der Waals surface area contributed by atoms with Gasteiger partial charge in [-0.2, -0.15) is 4.68 Å². The highest BCUT2D eigenvalue weighted by Gasteiger charge is 2.14. The van der Waals surface area contributed by atoms with Crippen LogP contribution >= 0.6 is 11.8 Å².